The molecule has 0 aromatic heterocycles. The van der Waals surface area contributed by atoms with E-state index in [2.05, 4.69) is 27.2 Å². The molecule has 0 aliphatic rings. The van der Waals surface area contributed by atoms with Gasteiger partial charge in [0.2, 0.25) is 0 Å². The highest BCUT2D eigenvalue weighted by Gasteiger charge is 2.15. The number of hydrogen-bond donors (Lipinski definition) is 1. The van der Waals surface area contributed by atoms with Crippen LogP contribution >= 0.6 is 15.9 Å². The summed E-state index contributed by atoms with van der Waals surface area (Å²) in [4.78, 5) is 23.2. The largest absolute Gasteiger partial charge is 0.490 e. The summed E-state index contributed by atoms with van der Waals surface area (Å²) in [7, 11) is 0. The minimum absolute atomic E-state index is 0.00448. The Morgan fingerprint density at radius 1 is 1.21 bits per heavy atom. The van der Waals surface area contributed by atoms with E-state index in [1.54, 1.807) is 12.1 Å². The molecular weight excluding hydrogens is 378 g/mol. The van der Waals surface area contributed by atoms with Crippen LogP contribution in [-0.2, 0) is 20.7 Å². The van der Waals surface area contributed by atoms with E-state index in [4.69, 9.17) is 20.6 Å². The summed E-state index contributed by atoms with van der Waals surface area (Å²) in [5.74, 6) is 2.44. The molecule has 0 radical (unpaired) electrons. The molecule has 0 bridgehead atoms. The Morgan fingerprint density at radius 2 is 1.83 bits per heavy atom. The maximum absolute atomic E-state index is 11.9. The van der Waals surface area contributed by atoms with E-state index < -0.39 is 11.9 Å². The van der Waals surface area contributed by atoms with Crippen molar-refractivity contribution in [2.45, 2.75) is 20.3 Å². The minimum Gasteiger partial charge on any atom is -0.490 e. The predicted molar refractivity (Wildman–Crippen MR) is 93.0 cm³/mol. The van der Waals surface area contributed by atoms with Gasteiger partial charge in [-0.3, -0.25) is 9.59 Å². The molecule has 0 aliphatic carbocycles. The molecular formula is C17H20BrNO5. The zero-order valence-electron chi connectivity index (χ0n) is 13.7. The van der Waals surface area contributed by atoms with Crippen molar-refractivity contribution in [2.24, 2.45) is 0 Å². The molecule has 0 atom stereocenters. The Hall–Kier alpha value is -2.20. The number of ether oxygens (including phenoxy) is 3. The lowest BCUT2D eigenvalue weighted by atomic mass is 10.1. The van der Waals surface area contributed by atoms with Gasteiger partial charge in [-0.05, 0) is 31.5 Å². The summed E-state index contributed by atoms with van der Waals surface area (Å²) in [5.41, 5.74) is 0.677. The zero-order valence-corrected chi connectivity index (χ0v) is 15.3. The molecule has 130 valence electrons. The molecule has 1 amide bonds. The van der Waals surface area contributed by atoms with Gasteiger partial charge in [-0.1, -0.05) is 21.9 Å². The molecule has 0 saturated heterocycles. The molecule has 0 aliphatic heterocycles. The van der Waals surface area contributed by atoms with Crippen molar-refractivity contribution < 1.29 is 23.8 Å². The van der Waals surface area contributed by atoms with E-state index in [1.165, 1.54) is 0 Å². The van der Waals surface area contributed by atoms with Gasteiger partial charge in [0.05, 0.1) is 26.2 Å². The Kier molecular flexibility index (Phi) is 8.72. The molecule has 0 saturated carbocycles. The lowest BCUT2D eigenvalue weighted by Gasteiger charge is -2.14. The quantitative estimate of drug-likeness (QED) is 0.510. The number of rotatable bonds is 9. The van der Waals surface area contributed by atoms with Gasteiger partial charge < -0.3 is 19.5 Å². The lowest BCUT2D eigenvalue weighted by Crippen LogP contribution is -2.29. The number of nitrogens with one attached hydrogen (secondary N) is 1. The summed E-state index contributed by atoms with van der Waals surface area (Å²) in [6.45, 7) is 4.44. The van der Waals surface area contributed by atoms with Gasteiger partial charge in [0.15, 0.2) is 18.1 Å². The van der Waals surface area contributed by atoms with Gasteiger partial charge in [-0.25, -0.2) is 0 Å². The third-order valence-electron chi connectivity index (χ3n) is 2.80. The van der Waals surface area contributed by atoms with E-state index in [1.807, 2.05) is 13.8 Å². The van der Waals surface area contributed by atoms with E-state index in [9.17, 15) is 9.59 Å². The maximum Gasteiger partial charge on any atom is 0.310 e. The van der Waals surface area contributed by atoms with Crippen molar-refractivity contribution in [3.05, 3.63) is 22.2 Å². The zero-order chi connectivity index (χ0) is 17.9. The van der Waals surface area contributed by atoms with Crippen molar-refractivity contribution in [3.8, 4) is 23.8 Å². The Bertz CT molecular complexity index is 624. The summed E-state index contributed by atoms with van der Waals surface area (Å²) in [5, 5.41) is 2.41. The fourth-order valence-electron chi connectivity index (χ4n) is 1.80. The van der Waals surface area contributed by atoms with Crippen molar-refractivity contribution >= 4 is 27.8 Å². The molecule has 1 N–H and O–H groups in total. The number of hydrogen-bond acceptors (Lipinski definition) is 5. The molecule has 0 unspecified atom stereocenters. The first-order valence-electron chi connectivity index (χ1n) is 7.45. The number of carbonyl (C=O) groups excluding carboxylic acids is 2. The van der Waals surface area contributed by atoms with E-state index in [0.29, 0.717) is 34.7 Å². The first kappa shape index (κ1) is 19.8. The Morgan fingerprint density at radius 3 is 2.42 bits per heavy atom. The van der Waals surface area contributed by atoms with Crippen LogP contribution < -0.4 is 14.8 Å². The highest BCUT2D eigenvalue weighted by atomic mass is 79.9. The SMILES string of the molecule is C#CCNC(=O)COC(=O)Cc1cc(OCC)c(OCC)cc1Br. The number of halogens is 1. The topological polar surface area (TPSA) is 73.9 Å². The van der Waals surface area contributed by atoms with Gasteiger partial charge in [0, 0.05) is 4.47 Å². The van der Waals surface area contributed by atoms with Crippen LogP contribution in [0.25, 0.3) is 0 Å². The van der Waals surface area contributed by atoms with Crippen LogP contribution in [-0.4, -0.2) is 38.2 Å². The number of benzene rings is 1. The third kappa shape index (κ3) is 6.50. The van der Waals surface area contributed by atoms with Crippen molar-refractivity contribution in [3.63, 3.8) is 0 Å². The molecule has 24 heavy (non-hydrogen) atoms. The molecule has 0 fully saturated rings. The Labute approximate surface area is 150 Å². The van der Waals surface area contributed by atoms with Gasteiger partial charge >= 0.3 is 5.97 Å². The summed E-state index contributed by atoms with van der Waals surface area (Å²) < 4.78 is 16.7. The van der Waals surface area contributed by atoms with Crippen LogP contribution in [0.3, 0.4) is 0 Å². The predicted octanol–water partition coefficient (Wildman–Crippen LogP) is 2.08. The van der Waals surface area contributed by atoms with Crippen LogP contribution in [0.4, 0.5) is 0 Å². The summed E-state index contributed by atoms with van der Waals surface area (Å²) in [6, 6.07) is 3.47. The second-order valence-electron chi connectivity index (χ2n) is 4.57. The van der Waals surface area contributed by atoms with Crippen molar-refractivity contribution in [1.29, 1.82) is 0 Å². The van der Waals surface area contributed by atoms with E-state index in [0.717, 1.165) is 0 Å². The van der Waals surface area contributed by atoms with Gasteiger partial charge in [-0.2, -0.15) is 0 Å². The molecule has 0 heterocycles. The second kappa shape index (κ2) is 10.6. The Balaban J connectivity index is 2.72. The van der Waals surface area contributed by atoms with Gasteiger partial charge in [0.25, 0.3) is 5.91 Å². The molecule has 1 aromatic rings. The van der Waals surface area contributed by atoms with E-state index in [-0.39, 0.29) is 19.6 Å². The average Bonchev–Trinajstić information content (AvgIpc) is 2.55. The van der Waals surface area contributed by atoms with Crippen molar-refractivity contribution in [2.75, 3.05) is 26.4 Å². The van der Waals surface area contributed by atoms with Gasteiger partial charge in [-0.15, -0.1) is 6.42 Å². The van der Waals surface area contributed by atoms with Crippen LogP contribution in [0, 0.1) is 12.3 Å². The van der Waals surface area contributed by atoms with Crippen LogP contribution in [0.2, 0.25) is 0 Å². The molecule has 6 nitrogen and oxygen atoms in total. The first-order valence-corrected chi connectivity index (χ1v) is 8.24. The monoisotopic (exact) mass is 397 g/mol. The highest BCUT2D eigenvalue weighted by molar-refractivity contribution is 9.10. The first-order chi connectivity index (χ1) is 11.5. The smallest absolute Gasteiger partial charge is 0.310 e. The molecule has 7 heteroatoms. The standard InChI is InChI=1S/C17H20BrNO5/c1-4-7-19-16(20)11-24-17(21)9-12-8-14(22-5-2)15(23-6-3)10-13(12)18/h1,8,10H,5-7,9,11H2,2-3H3,(H,19,20). The number of amides is 1. The van der Waals surface area contributed by atoms with Crippen LogP contribution in [0.5, 0.6) is 11.5 Å². The normalized spacial score (nSPS) is 9.75. The van der Waals surface area contributed by atoms with E-state index >= 15 is 0 Å². The lowest BCUT2D eigenvalue weighted by molar-refractivity contribution is -0.147. The molecule has 0 spiro atoms. The number of carbonyl (C=O) groups is 2. The average molecular weight is 398 g/mol. The molecule has 1 rings (SSSR count). The third-order valence-corrected chi connectivity index (χ3v) is 3.54. The number of esters is 1. The maximum atomic E-state index is 11.9. The summed E-state index contributed by atoms with van der Waals surface area (Å²) in [6.07, 6.45) is 5.02. The number of terminal acetylenes is 1. The minimum atomic E-state index is -0.529. The highest BCUT2D eigenvalue weighted by Crippen LogP contribution is 2.34. The van der Waals surface area contributed by atoms with Crippen molar-refractivity contribution in [1.82, 2.24) is 5.32 Å². The second-order valence-corrected chi connectivity index (χ2v) is 5.43. The molecule has 1 aromatic carbocycles. The van der Waals surface area contributed by atoms with Gasteiger partial charge in [0.1, 0.15) is 0 Å². The fraction of sp³-hybridized carbons (Fsp3) is 0.412. The van der Waals surface area contributed by atoms with Crippen LogP contribution in [0.15, 0.2) is 16.6 Å². The fourth-order valence-corrected chi connectivity index (χ4v) is 2.27. The summed E-state index contributed by atoms with van der Waals surface area (Å²) >= 11 is 3.40. The van der Waals surface area contributed by atoms with Crippen LogP contribution in [0.1, 0.15) is 19.4 Å².